The highest BCUT2D eigenvalue weighted by molar-refractivity contribution is 7.43. The summed E-state index contributed by atoms with van der Waals surface area (Å²) < 4.78 is 8.77. The molecule has 0 saturated carbocycles. The SMILES string of the molecule is CCCCCCCC=CCCCCCCCCC[NH3+].O=P([O-])(O)O. The molecule has 146 valence electrons. The molecule has 0 aromatic carbocycles. The van der Waals surface area contributed by atoms with Gasteiger partial charge in [-0.3, -0.25) is 4.57 Å². The predicted octanol–water partition coefficient (Wildman–Crippen LogP) is 3.71. The molecular weight excluding hydrogens is 325 g/mol. The molecule has 0 aromatic rings. The maximum absolute atomic E-state index is 8.77. The molecule has 0 aliphatic heterocycles. The van der Waals surface area contributed by atoms with Crippen molar-refractivity contribution in [3.63, 3.8) is 0 Å². The van der Waals surface area contributed by atoms with Crippen LogP contribution >= 0.6 is 7.82 Å². The van der Waals surface area contributed by atoms with E-state index in [4.69, 9.17) is 19.2 Å². The minimum Gasteiger partial charge on any atom is -0.756 e. The first-order chi connectivity index (χ1) is 11.4. The van der Waals surface area contributed by atoms with Gasteiger partial charge in [0, 0.05) is 0 Å². The Hall–Kier alpha value is -0.190. The van der Waals surface area contributed by atoms with Crippen LogP contribution in [-0.4, -0.2) is 16.3 Å². The molecule has 0 atom stereocenters. The Kier molecular flexibility index (Phi) is 22.6. The molecule has 0 aliphatic carbocycles. The minimum atomic E-state index is -4.89. The van der Waals surface area contributed by atoms with E-state index in [1.807, 2.05) is 0 Å². The first-order valence-corrected chi connectivity index (χ1v) is 11.2. The quantitative estimate of drug-likeness (QED) is 0.233. The molecule has 0 rings (SSSR count). The zero-order valence-corrected chi connectivity index (χ0v) is 16.5. The van der Waals surface area contributed by atoms with E-state index in [2.05, 4.69) is 24.8 Å². The number of phosphoric acid groups is 1. The van der Waals surface area contributed by atoms with Crippen molar-refractivity contribution in [3.05, 3.63) is 12.2 Å². The summed E-state index contributed by atoms with van der Waals surface area (Å²) in [6.07, 6.45) is 24.2. The maximum atomic E-state index is 8.77. The van der Waals surface area contributed by atoms with Gasteiger partial charge in [0.1, 0.15) is 0 Å². The molecule has 6 heteroatoms. The normalized spacial score (nSPS) is 11.5. The molecule has 0 radical (unpaired) electrons. The molecule has 0 amide bonds. The van der Waals surface area contributed by atoms with Crippen LogP contribution in [0.2, 0.25) is 0 Å². The number of unbranched alkanes of at least 4 members (excludes halogenated alkanes) is 12. The molecule has 0 aromatic heterocycles. The molecule has 0 spiro atoms. The van der Waals surface area contributed by atoms with E-state index < -0.39 is 7.82 Å². The summed E-state index contributed by atoms with van der Waals surface area (Å²) >= 11 is 0. The van der Waals surface area contributed by atoms with Gasteiger partial charge in [-0.2, -0.15) is 0 Å². The van der Waals surface area contributed by atoms with E-state index in [1.165, 1.54) is 89.9 Å². The van der Waals surface area contributed by atoms with Gasteiger partial charge in [-0.05, 0) is 38.5 Å². The van der Waals surface area contributed by atoms with E-state index in [-0.39, 0.29) is 0 Å². The number of rotatable bonds is 15. The van der Waals surface area contributed by atoms with Crippen LogP contribution in [0, 0.1) is 0 Å². The summed E-state index contributed by atoms with van der Waals surface area (Å²) in [6.45, 7) is 3.39. The summed E-state index contributed by atoms with van der Waals surface area (Å²) in [6, 6.07) is 0. The van der Waals surface area contributed by atoms with Crippen LogP contribution in [0.3, 0.4) is 0 Å². The Balaban J connectivity index is 0. The Bertz CT molecular complexity index is 297. The third-order valence-corrected chi connectivity index (χ3v) is 3.76. The van der Waals surface area contributed by atoms with Crippen molar-refractivity contribution < 1.29 is 25.0 Å². The second-order valence-electron chi connectivity index (χ2n) is 6.28. The zero-order chi connectivity index (χ0) is 18.5. The molecule has 5 nitrogen and oxygen atoms in total. The van der Waals surface area contributed by atoms with Crippen LogP contribution in [0.4, 0.5) is 0 Å². The molecule has 0 unspecified atom stereocenters. The third kappa shape index (κ3) is 37.8. The fourth-order valence-electron chi connectivity index (χ4n) is 2.42. The molecule has 24 heavy (non-hydrogen) atoms. The maximum Gasteiger partial charge on any atom is 0.262 e. The lowest BCUT2D eigenvalue weighted by Gasteiger charge is -2.01. The van der Waals surface area contributed by atoms with E-state index in [9.17, 15) is 0 Å². The van der Waals surface area contributed by atoms with Crippen LogP contribution in [0.25, 0.3) is 0 Å². The Morgan fingerprint density at radius 2 is 1.12 bits per heavy atom. The van der Waals surface area contributed by atoms with Gasteiger partial charge in [-0.15, -0.1) is 0 Å². The van der Waals surface area contributed by atoms with Crippen molar-refractivity contribution >= 4 is 7.82 Å². The van der Waals surface area contributed by atoms with Gasteiger partial charge in [0.05, 0.1) is 6.54 Å². The number of hydrogen-bond donors (Lipinski definition) is 3. The van der Waals surface area contributed by atoms with Crippen LogP contribution in [-0.2, 0) is 4.57 Å². The second-order valence-corrected chi connectivity index (χ2v) is 7.26. The van der Waals surface area contributed by atoms with Crippen molar-refractivity contribution in [2.24, 2.45) is 0 Å². The highest BCUT2D eigenvalue weighted by Crippen LogP contribution is 2.19. The number of hydrogen-bond acceptors (Lipinski definition) is 2. The van der Waals surface area contributed by atoms with Crippen molar-refractivity contribution in [3.8, 4) is 0 Å². The van der Waals surface area contributed by atoms with Gasteiger partial charge in [0.15, 0.2) is 0 Å². The molecule has 0 fully saturated rings. The molecule has 0 saturated heterocycles. The van der Waals surface area contributed by atoms with E-state index in [0.29, 0.717) is 0 Å². The molecule has 5 N–H and O–H groups in total. The largest absolute Gasteiger partial charge is 0.756 e. The Morgan fingerprint density at radius 1 is 0.792 bits per heavy atom. The van der Waals surface area contributed by atoms with Crippen molar-refractivity contribution in [1.29, 1.82) is 0 Å². The fraction of sp³-hybridized carbons (Fsp3) is 0.889. The zero-order valence-electron chi connectivity index (χ0n) is 15.6. The molecule has 0 heterocycles. The topological polar surface area (TPSA) is 108 Å². The van der Waals surface area contributed by atoms with Gasteiger partial charge >= 0.3 is 0 Å². The second kappa shape index (κ2) is 20.9. The summed E-state index contributed by atoms with van der Waals surface area (Å²) in [5.41, 5.74) is 3.88. The van der Waals surface area contributed by atoms with Crippen LogP contribution < -0.4 is 10.6 Å². The fourth-order valence-corrected chi connectivity index (χ4v) is 2.42. The first-order valence-electron chi connectivity index (χ1n) is 9.62. The van der Waals surface area contributed by atoms with Crippen LogP contribution in [0.1, 0.15) is 96.8 Å². The van der Waals surface area contributed by atoms with Gasteiger partial charge in [-0.25, -0.2) is 0 Å². The standard InChI is InChI=1S/C18H37N.H3O4P/c1-2-3-4-5-6-7-8-9-10-11-12-13-14-15-16-17-18-19;1-5(2,3)4/h8-9H,2-7,10-19H2,1H3;(H3,1,2,3,4). The van der Waals surface area contributed by atoms with Crippen LogP contribution in [0.5, 0.6) is 0 Å². The van der Waals surface area contributed by atoms with Gasteiger partial charge < -0.3 is 20.4 Å². The average molecular weight is 365 g/mol. The van der Waals surface area contributed by atoms with Crippen molar-refractivity contribution in [2.45, 2.75) is 96.8 Å². The van der Waals surface area contributed by atoms with E-state index >= 15 is 0 Å². The van der Waals surface area contributed by atoms with Gasteiger partial charge in [0.2, 0.25) is 0 Å². The summed E-state index contributed by atoms with van der Waals surface area (Å²) in [7, 11) is -4.89. The Labute approximate surface area is 149 Å². The highest BCUT2D eigenvalue weighted by Gasteiger charge is 1.91. The summed E-state index contributed by atoms with van der Waals surface area (Å²) in [5.74, 6) is 0. The monoisotopic (exact) mass is 365 g/mol. The van der Waals surface area contributed by atoms with Crippen LogP contribution in [0.15, 0.2) is 12.2 Å². The van der Waals surface area contributed by atoms with Gasteiger partial charge in [-0.1, -0.05) is 70.4 Å². The molecule has 0 aliphatic rings. The number of allylic oxidation sites excluding steroid dienone is 2. The summed E-state index contributed by atoms with van der Waals surface area (Å²) in [5, 5.41) is 0. The third-order valence-electron chi connectivity index (χ3n) is 3.76. The van der Waals surface area contributed by atoms with Crippen molar-refractivity contribution in [1.82, 2.24) is 0 Å². The lowest BCUT2D eigenvalue weighted by Crippen LogP contribution is -2.50. The van der Waals surface area contributed by atoms with Gasteiger partial charge in [0.25, 0.3) is 7.82 Å². The molecular formula is C18H40NO4P. The first kappa shape index (κ1) is 26.0. The highest BCUT2D eigenvalue weighted by atomic mass is 31.2. The lowest BCUT2D eigenvalue weighted by atomic mass is 10.1. The van der Waals surface area contributed by atoms with Crippen molar-refractivity contribution in [2.75, 3.05) is 6.54 Å². The average Bonchev–Trinajstić information content (AvgIpc) is 2.49. The molecule has 0 bridgehead atoms. The summed E-state index contributed by atoms with van der Waals surface area (Å²) in [4.78, 5) is 22.9. The van der Waals surface area contributed by atoms with E-state index in [0.717, 1.165) is 6.54 Å². The Morgan fingerprint density at radius 3 is 1.50 bits per heavy atom. The smallest absolute Gasteiger partial charge is 0.262 e. The minimum absolute atomic E-state index is 1.11. The predicted molar refractivity (Wildman–Crippen MR) is 99.3 cm³/mol. The lowest BCUT2D eigenvalue weighted by molar-refractivity contribution is -0.368. The van der Waals surface area contributed by atoms with E-state index in [1.54, 1.807) is 0 Å². The number of quaternary nitrogens is 1.